The molecule has 1 heterocycles. The molecule has 3 atom stereocenters. The summed E-state index contributed by atoms with van der Waals surface area (Å²) in [6, 6.07) is 13.7. The van der Waals surface area contributed by atoms with E-state index < -0.39 is 12.1 Å². The van der Waals surface area contributed by atoms with E-state index in [1.54, 1.807) is 33.5 Å². The SMILES string of the molecule is CC[C@H](C)[C@H](Nc1ccc2c(cc1=O)[C@H](NC(C)=O)CCc1cc(OC)c(OC)c(OC)c1-2)C(=O)NCCc1nc2ccccc2[nH]1. The standard InChI is InChI=1S/C36H43N5O6/c1-7-20(2)33(36(44)37-17-16-31-39-26-10-8-9-11-27(26)40-31)41-28-15-13-23-24(19-29(28)43)25(38-21(3)42)14-12-22-18-30(45-4)34(46-5)35(47-6)32(22)23/h8-11,13,15,18-20,25,33H,7,12,14,16-17H2,1-6H3,(H,37,44)(H,38,42)(H,39,40)(H,41,43)/t20-,25+,33-/m0/s1. The largest absolute Gasteiger partial charge is 0.493 e. The minimum absolute atomic E-state index is 0.0754. The summed E-state index contributed by atoms with van der Waals surface area (Å²) in [6.45, 7) is 5.83. The number of ether oxygens (including phenoxy) is 3. The van der Waals surface area contributed by atoms with Crippen LogP contribution in [-0.4, -0.2) is 55.7 Å². The van der Waals surface area contributed by atoms with Gasteiger partial charge in [0.05, 0.1) is 44.1 Å². The van der Waals surface area contributed by atoms with Gasteiger partial charge in [-0.15, -0.1) is 0 Å². The first-order valence-electron chi connectivity index (χ1n) is 15.9. The summed E-state index contributed by atoms with van der Waals surface area (Å²) in [5.74, 6) is 1.73. The zero-order valence-electron chi connectivity index (χ0n) is 27.8. The van der Waals surface area contributed by atoms with Crippen LogP contribution in [-0.2, 0) is 22.4 Å². The molecule has 0 saturated carbocycles. The molecule has 1 aliphatic carbocycles. The molecule has 4 aromatic rings. The van der Waals surface area contributed by atoms with E-state index >= 15 is 0 Å². The first kappa shape index (κ1) is 33.3. The number of H-pyrrole nitrogens is 1. The third-order valence-electron chi connectivity index (χ3n) is 8.82. The van der Waals surface area contributed by atoms with Crippen molar-refractivity contribution >= 4 is 28.5 Å². The average molecular weight is 642 g/mol. The number of carbonyl (C=O) groups excluding carboxylic acids is 2. The van der Waals surface area contributed by atoms with E-state index in [1.165, 1.54) is 6.92 Å². The summed E-state index contributed by atoms with van der Waals surface area (Å²) in [7, 11) is 4.68. The number of aromatic nitrogens is 2. The highest BCUT2D eigenvalue weighted by Gasteiger charge is 2.30. The van der Waals surface area contributed by atoms with Crippen LogP contribution in [0.4, 0.5) is 5.69 Å². The van der Waals surface area contributed by atoms with Gasteiger partial charge in [0.1, 0.15) is 11.9 Å². The van der Waals surface area contributed by atoms with E-state index in [0.29, 0.717) is 48.6 Å². The highest BCUT2D eigenvalue weighted by Crippen LogP contribution is 2.50. The second-order valence-corrected chi connectivity index (χ2v) is 11.8. The maximum atomic E-state index is 13.9. The van der Waals surface area contributed by atoms with Crippen molar-refractivity contribution in [1.29, 1.82) is 0 Å². The smallest absolute Gasteiger partial charge is 0.242 e. The number of amides is 2. The fraction of sp³-hybridized carbons (Fsp3) is 0.389. The molecule has 0 radical (unpaired) electrons. The lowest BCUT2D eigenvalue weighted by atomic mass is 9.95. The number of aryl methyl sites for hydroxylation is 1. The molecular weight excluding hydrogens is 598 g/mol. The fourth-order valence-corrected chi connectivity index (χ4v) is 6.23. The van der Waals surface area contributed by atoms with Crippen LogP contribution in [0.1, 0.15) is 56.6 Å². The van der Waals surface area contributed by atoms with Crippen molar-refractivity contribution in [3.8, 4) is 28.4 Å². The number of nitrogens with one attached hydrogen (secondary N) is 4. The number of imidazole rings is 1. The Balaban J connectivity index is 1.49. The number of methoxy groups -OCH3 is 3. The van der Waals surface area contributed by atoms with E-state index in [1.807, 2.05) is 50.2 Å². The molecule has 4 N–H and O–H groups in total. The Morgan fingerprint density at radius 3 is 2.49 bits per heavy atom. The second kappa shape index (κ2) is 14.6. The molecule has 47 heavy (non-hydrogen) atoms. The number of hydrogen-bond donors (Lipinski definition) is 4. The average Bonchev–Trinajstić information content (AvgIpc) is 3.34. The Hall–Kier alpha value is -5.06. The molecule has 1 aliphatic rings. The first-order chi connectivity index (χ1) is 22.7. The van der Waals surface area contributed by atoms with Crippen LogP contribution in [0, 0.1) is 5.92 Å². The maximum Gasteiger partial charge on any atom is 0.242 e. The molecule has 0 unspecified atom stereocenters. The van der Waals surface area contributed by atoms with E-state index in [9.17, 15) is 14.4 Å². The molecular formula is C36H43N5O6. The number of nitrogens with zero attached hydrogens (tertiary/aromatic N) is 1. The van der Waals surface area contributed by atoms with Crippen LogP contribution in [0.15, 0.2) is 53.3 Å². The lowest BCUT2D eigenvalue weighted by Crippen LogP contribution is -2.45. The van der Waals surface area contributed by atoms with Gasteiger partial charge in [-0.05, 0) is 65.8 Å². The Morgan fingerprint density at radius 2 is 1.81 bits per heavy atom. The molecule has 0 saturated heterocycles. The Kier molecular flexibility index (Phi) is 10.3. The third kappa shape index (κ3) is 7.03. The Morgan fingerprint density at radius 1 is 1.04 bits per heavy atom. The number of aromatic amines is 1. The number of anilines is 1. The second-order valence-electron chi connectivity index (χ2n) is 11.8. The number of benzene rings is 2. The summed E-state index contributed by atoms with van der Waals surface area (Å²) in [4.78, 5) is 47.6. The lowest BCUT2D eigenvalue weighted by molar-refractivity contribution is -0.123. The van der Waals surface area contributed by atoms with E-state index in [4.69, 9.17) is 14.2 Å². The molecule has 248 valence electrons. The third-order valence-corrected chi connectivity index (χ3v) is 8.82. The maximum absolute atomic E-state index is 13.9. The monoisotopic (exact) mass is 641 g/mol. The van der Waals surface area contributed by atoms with Crippen molar-refractivity contribution in [2.24, 2.45) is 5.92 Å². The first-order valence-corrected chi connectivity index (χ1v) is 15.9. The molecule has 2 amide bonds. The zero-order valence-corrected chi connectivity index (χ0v) is 27.8. The van der Waals surface area contributed by atoms with Crippen molar-refractivity contribution in [2.45, 2.75) is 58.5 Å². The summed E-state index contributed by atoms with van der Waals surface area (Å²) in [6.07, 6.45) is 2.40. The van der Waals surface area contributed by atoms with Crippen molar-refractivity contribution in [1.82, 2.24) is 20.6 Å². The molecule has 11 heteroatoms. The molecule has 1 aromatic heterocycles. The van der Waals surface area contributed by atoms with Gasteiger partial charge in [-0.3, -0.25) is 14.4 Å². The molecule has 3 aromatic carbocycles. The normalized spacial score (nSPS) is 15.0. The summed E-state index contributed by atoms with van der Waals surface area (Å²) in [5.41, 5.74) is 4.87. The predicted octanol–water partition coefficient (Wildman–Crippen LogP) is 4.92. The van der Waals surface area contributed by atoms with Gasteiger partial charge in [0.15, 0.2) is 11.5 Å². The van der Waals surface area contributed by atoms with E-state index in [2.05, 4.69) is 25.9 Å². The number of fused-ring (bicyclic) bond motifs is 4. The van der Waals surface area contributed by atoms with Crippen LogP contribution < -0.4 is 35.6 Å². The fourth-order valence-electron chi connectivity index (χ4n) is 6.23. The van der Waals surface area contributed by atoms with Gasteiger partial charge in [0.25, 0.3) is 0 Å². The topological polar surface area (TPSA) is 144 Å². The van der Waals surface area contributed by atoms with Gasteiger partial charge in [-0.25, -0.2) is 4.98 Å². The van der Waals surface area contributed by atoms with Gasteiger partial charge in [-0.1, -0.05) is 38.5 Å². The van der Waals surface area contributed by atoms with Gasteiger partial charge in [0.2, 0.25) is 23.0 Å². The minimum Gasteiger partial charge on any atom is -0.493 e. The zero-order chi connectivity index (χ0) is 33.7. The summed E-state index contributed by atoms with van der Waals surface area (Å²) < 4.78 is 17.2. The van der Waals surface area contributed by atoms with Gasteiger partial charge in [0, 0.05) is 25.5 Å². The predicted molar refractivity (Wildman–Crippen MR) is 182 cm³/mol. The molecule has 11 nitrogen and oxygen atoms in total. The molecule has 0 bridgehead atoms. The molecule has 5 rings (SSSR count). The minimum atomic E-state index is -0.664. The van der Waals surface area contributed by atoms with Gasteiger partial charge < -0.3 is 35.1 Å². The van der Waals surface area contributed by atoms with Crippen LogP contribution in [0.5, 0.6) is 17.2 Å². The molecule has 0 aliphatic heterocycles. The van der Waals surface area contributed by atoms with Crippen LogP contribution >= 0.6 is 0 Å². The summed E-state index contributed by atoms with van der Waals surface area (Å²) in [5, 5.41) is 9.32. The van der Waals surface area contributed by atoms with Gasteiger partial charge in [-0.2, -0.15) is 0 Å². The number of rotatable bonds is 12. The Bertz CT molecular complexity index is 1800. The number of carbonyl (C=O) groups is 2. The van der Waals surface area contributed by atoms with Crippen LogP contribution in [0.2, 0.25) is 0 Å². The highest BCUT2D eigenvalue weighted by atomic mass is 16.5. The highest BCUT2D eigenvalue weighted by molar-refractivity contribution is 5.86. The van der Waals surface area contributed by atoms with Crippen molar-refractivity contribution in [2.75, 3.05) is 33.2 Å². The molecule has 0 spiro atoms. The van der Waals surface area contributed by atoms with Crippen molar-refractivity contribution in [3.63, 3.8) is 0 Å². The number of para-hydroxylation sites is 2. The lowest BCUT2D eigenvalue weighted by Gasteiger charge is -2.24. The molecule has 0 fully saturated rings. The van der Waals surface area contributed by atoms with Crippen LogP contribution in [0.25, 0.3) is 22.2 Å². The summed E-state index contributed by atoms with van der Waals surface area (Å²) >= 11 is 0. The van der Waals surface area contributed by atoms with E-state index in [0.717, 1.165) is 40.0 Å². The van der Waals surface area contributed by atoms with Crippen LogP contribution in [0.3, 0.4) is 0 Å². The Labute approximate surface area is 274 Å². The van der Waals surface area contributed by atoms with Gasteiger partial charge >= 0.3 is 0 Å². The van der Waals surface area contributed by atoms with E-state index in [-0.39, 0.29) is 28.8 Å². The quantitative estimate of drug-likeness (QED) is 0.171. The van der Waals surface area contributed by atoms with Crippen molar-refractivity contribution < 1.29 is 23.8 Å². The van der Waals surface area contributed by atoms with Crippen molar-refractivity contribution in [3.05, 3.63) is 75.7 Å². The number of hydrogen-bond acceptors (Lipinski definition) is 8.